The number of ketones is 1. The van der Waals surface area contributed by atoms with Crippen molar-refractivity contribution in [3.63, 3.8) is 0 Å². The summed E-state index contributed by atoms with van der Waals surface area (Å²) in [7, 11) is 0. The van der Waals surface area contributed by atoms with Crippen molar-refractivity contribution in [2.45, 2.75) is 6.92 Å². The first-order valence-corrected chi connectivity index (χ1v) is 7.13. The highest BCUT2D eigenvalue weighted by Gasteiger charge is 2.03. The van der Waals surface area contributed by atoms with E-state index in [1.165, 1.54) is 30.5 Å². The van der Waals surface area contributed by atoms with E-state index in [0.29, 0.717) is 22.9 Å². The minimum absolute atomic E-state index is 0.196. The molecule has 0 aliphatic carbocycles. The Morgan fingerprint density at radius 1 is 1.27 bits per heavy atom. The van der Waals surface area contributed by atoms with Crippen LogP contribution in [0, 0.1) is 5.82 Å². The Balaban J connectivity index is 2.00. The monoisotopic (exact) mass is 319 g/mol. The largest absolute Gasteiger partial charge is 0.494 e. The highest BCUT2D eigenvalue weighted by atomic mass is 35.5. The van der Waals surface area contributed by atoms with Crippen LogP contribution in [0.3, 0.4) is 0 Å². The van der Waals surface area contributed by atoms with Crippen molar-refractivity contribution in [1.29, 1.82) is 0 Å². The molecule has 0 saturated heterocycles. The molecule has 5 heteroatoms. The molecule has 2 aromatic rings. The smallest absolute Gasteiger partial charge is 0.187 e. The third-order valence-corrected chi connectivity index (χ3v) is 3.09. The molecule has 2 aromatic carbocycles. The van der Waals surface area contributed by atoms with Crippen LogP contribution in [-0.2, 0) is 0 Å². The molecule has 0 amide bonds. The van der Waals surface area contributed by atoms with Crippen molar-refractivity contribution in [3.8, 4) is 5.75 Å². The van der Waals surface area contributed by atoms with Crippen molar-refractivity contribution in [1.82, 2.24) is 0 Å². The summed E-state index contributed by atoms with van der Waals surface area (Å²) in [6.07, 6.45) is 2.71. The SMILES string of the molecule is CCOc1ccc(C(=O)C=CNc2cc(Cl)ccc2F)cc1. The number of hydrogen-bond donors (Lipinski definition) is 1. The van der Waals surface area contributed by atoms with E-state index < -0.39 is 5.82 Å². The molecule has 0 spiro atoms. The van der Waals surface area contributed by atoms with Gasteiger partial charge in [0.25, 0.3) is 0 Å². The second-order valence-corrected chi connectivity index (χ2v) is 4.86. The summed E-state index contributed by atoms with van der Waals surface area (Å²) < 4.78 is 18.8. The van der Waals surface area contributed by atoms with Gasteiger partial charge in [-0.15, -0.1) is 0 Å². The summed E-state index contributed by atoms with van der Waals surface area (Å²) >= 11 is 5.79. The van der Waals surface area contributed by atoms with Gasteiger partial charge in [0.2, 0.25) is 0 Å². The molecular weight excluding hydrogens is 305 g/mol. The van der Waals surface area contributed by atoms with Crippen molar-refractivity contribution >= 4 is 23.1 Å². The fourth-order valence-electron chi connectivity index (χ4n) is 1.79. The maximum absolute atomic E-state index is 13.5. The maximum atomic E-state index is 13.5. The van der Waals surface area contributed by atoms with E-state index in [9.17, 15) is 9.18 Å². The van der Waals surface area contributed by atoms with Gasteiger partial charge in [-0.25, -0.2) is 4.39 Å². The minimum Gasteiger partial charge on any atom is -0.494 e. The highest BCUT2D eigenvalue weighted by Crippen LogP contribution is 2.19. The summed E-state index contributed by atoms with van der Waals surface area (Å²) in [4.78, 5) is 12.0. The molecule has 3 nitrogen and oxygen atoms in total. The first-order valence-electron chi connectivity index (χ1n) is 6.75. The molecule has 114 valence electrons. The zero-order valence-corrected chi connectivity index (χ0v) is 12.7. The van der Waals surface area contributed by atoms with Crippen LogP contribution in [-0.4, -0.2) is 12.4 Å². The molecule has 0 heterocycles. The van der Waals surface area contributed by atoms with Crippen molar-refractivity contribution in [2.75, 3.05) is 11.9 Å². The quantitative estimate of drug-likeness (QED) is 0.620. The maximum Gasteiger partial charge on any atom is 0.187 e. The van der Waals surface area contributed by atoms with Crippen molar-refractivity contribution in [3.05, 3.63) is 71.1 Å². The topological polar surface area (TPSA) is 38.3 Å². The Morgan fingerprint density at radius 2 is 2.00 bits per heavy atom. The van der Waals surface area contributed by atoms with Gasteiger partial charge in [-0.1, -0.05) is 11.6 Å². The van der Waals surface area contributed by atoms with Crippen LogP contribution in [0.1, 0.15) is 17.3 Å². The van der Waals surface area contributed by atoms with Crippen LogP contribution in [0.2, 0.25) is 5.02 Å². The lowest BCUT2D eigenvalue weighted by Gasteiger charge is -2.04. The Bertz CT molecular complexity index is 684. The molecule has 1 N–H and O–H groups in total. The number of rotatable bonds is 6. The van der Waals surface area contributed by atoms with Gasteiger partial charge in [-0.3, -0.25) is 4.79 Å². The predicted octanol–water partition coefficient (Wildman–Crippen LogP) is 4.69. The average molecular weight is 320 g/mol. The van der Waals surface area contributed by atoms with E-state index in [0.717, 1.165) is 0 Å². The Labute approximate surface area is 133 Å². The standard InChI is InChI=1S/C17H15ClFNO2/c1-2-22-14-6-3-12(4-7-14)17(21)9-10-20-16-11-13(18)5-8-15(16)19/h3-11,20H,2H2,1H3. The van der Waals surface area contributed by atoms with Crippen LogP contribution < -0.4 is 10.1 Å². The first kappa shape index (κ1) is 16.0. The Hall–Kier alpha value is -2.33. The fraction of sp³-hybridized carbons (Fsp3) is 0.118. The average Bonchev–Trinajstić information content (AvgIpc) is 2.51. The molecule has 22 heavy (non-hydrogen) atoms. The van der Waals surface area contributed by atoms with Gasteiger partial charge < -0.3 is 10.1 Å². The molecule has 0 bridgehead atoms. The van der Waals surface area contributed by atoms with E-state index in [1.54, 1.807) is 24.3 Å². The zero-order valence-electron chi connectivity index (χ0n) is 12.0. The van der Waals surface area contributed by atoms with Gasteiger partial charge in [-0.05, 0) is 49.4 Å². The van der Waals surface area contributed by atoms with Crippen LogP contribution in [0.5, 0.6) is 5.75 Å². The molecule has 0 unspecified atom stereocenters. The molecule has 0 fully saturated rings. The number of nitrogens with one attached hydrogen (secondary N) is 1. The van der Waals surface area contributed by atoms with Crippen LogP contribution in [0.4, 0.5) is 10.1 Å². The lowest BCUT2D eigenvalue weighted by Crippen LogP contribution is -1.98. The molecule has 0 saturated carbocycles. The number of halogens is 2. The zero-order chi connectivity index (χ0) is 15.9. The molecular formula is C17H15ClFNO2. The van der Waals surface area contributed by atoms with Gasteiger partial charge in [0.05, 0.1) is 12.3 Å². The number of hydrogen-bond acceptors (Lipinski definition) is 3. The summed E-state index contributed by atoms with van der Waals surface area (Å²) in [5, 5.41) is 3.11. The van der Waals surface area contributed by atoms with Gasteiger partial charge in [-0.2, -0.15) is 0 Å². The minimum atomic E-state index is -0.442. The second-order valence-electron chi connectivity index (χ2n) is 4.42. The van der Waals surface area contributed by atoms with Crippen LogP contribution in [0.15, 0.2) is 54.7 Å². The van der Waals surface area contributed by atoms with E-state index in [1.807, 2.05) is 6.92 Å². The van der Waals surface area contributed by atoms with E-state index in [2.05, 4.69) is 5.32 Å². The van der Waals surface area contributed by atoms with Gasteiger partial charge in [0.1, 0.15) is 11.6 Å². The van der Waals surface area contributed by atoms with Gasteiger partial charge in [0.15, 0.2) is 5.78 Å². The summed E-state index contributed by atoms with van der Waals surface area (Å²) in [6, 6.07) is 11.0. The highest BCUT2D eigenvalue weighted by molar-refractivity contribution is 6.30. The van der Waals surface area contributed by atoms with E-state index in [-0.39, 0.29) is 11.5 Å². The predicted molar refractivity (Wildman–Crippen MR) is 86.1 cm³/mol. The Morgan fingerprint density at radius 3 is 2.68 bits per heavy atom. The first-order chi connectivity index (χ1) is 10.6. The number of carbonyl (C=O) groups excluding carboxylic acids is 1. The molecule has 0 aromatic heterocycles. The molecule has 0 aliphatic heterocycles. The molecule has 0 radical (unpaired) electrons. The number of allylic oxidation sites excluding steroid dienone is 1. The number of carbonyl (C=O) groups is 1. The summed E-state index contributed by atoms with van der Waals surface area (Å²) in [5.41, 5.74) is 0.733. The van der Waals surface area contributed by atoms with Gasteiger partial charge >= 0.3 is 0 Å². The van der Waals surface area contributed by atoms with Crippen molar-refractivity contribution in [2.24, 2.45) is 0 Å². The lowest BCUT2D eigenvalue weighted by molar-refractivity contribution is 0.104. The second kappa shape index (κ2) is 7.61. The fourth-order valence-corrected chi connectivity index (χ4v) is 1.97. The van der Waals surface area contributed by atoms with E-state index >= 15 is 0 Å². The Kier molecular flexibility index (Phi) is 5.55. The number of ether oxygens (including phenoxy) is 1. The molecule has 2 rings (SSSR count). The normalized spacial score (nSPS) is 10.7. The number of anilines is 1. The van der Waals surface area contributed by atoms with Crippen molar-refractivity contribution < 1.29 is 13.9 Å². The summed E-state index contributed by atoms with van der Waals surface area (Å²) in [5.74, 6) is 0.0719. The third kappa shape index (κ3) is 4.33. The number of benzene rings is 2. The lowest BCUT2D eigenvalue weighted by atomic mass is 10.1. The van der Waals surface area contributed by atoms with Crippen LogP contribution in [0.25, 0.3) is 0 Å². The molecule has 0 aliphatic rings. The molecule has 0 atom stereocenters. The van der Waals surface area contributed by atoms with E-state index in [4.69, 9.17) is 16.3 Å². The van der Waals surface area contributed by atoms with Crippen LogP contribution >= 0.6 is 11.6 Å². The summed E-state index contributed by atoms with van der Waals surface area (Å²) in [6.45, 7) is 2.46. The van der Waals surface area contributed by atoms with Gasteiger partial charge in [0, 0.05) is 22.9 Å². The third-order valence-electron chi connectivity index (χ3n) is 2.85.